The monoisotopic (exact) mass is 324 g/mol. The number of hydrogen-bond donors (Lipinski definition) is 2. The summed E-state index contributed by atoms with van der Waals surface area (Å²) in [5.74, 6) is 0.908. The van der Waals surface area contributed by atoms with Gasteiger partial charge >= 0.3 is 0 Å². The molecule has 0 saturated carbocycles. The normalized spacial score (nSPS) is 13.6. The molecular weight excluding hydrogens is 304 g/mol. The van der Waals surface area contributed by atoms with Crippen LogP contribution in [0.5, 0.6) is 0 Å². The highest BCUT2D eigenvalue weighted by Gasteiger charge is 2.22. The molecule has 2 N–H and O–H groups in total. The SMILES string of the molecule is CCOC(O)C(O)c1ccc(-c2ccc(-c3ccccc3)cc2)o1. The Morgan fingerprint density at radius 3 is 2.12 bits per heavy atom. The molecule has 0 bridgehead atoms. The summed E-state index contributed by atoms with van der Waals surface area (Å²) in [6.45, 7) is 2.06. The number of aliphatic hydroxyl groups excluding tert-OH is 2. The lowest BCUT2D eigenvalue weighted by atomic mass is 10.0. The summed E-state index contributed by atoms with van der Waals surface area (Å²) >= 11 is 0. The molecule has 2 atom stereocenters. The van der Waals surface area contributed by atoms with E-state index in [1.807, 2.05) is 42.5 Å². The number of rotatable bonds is 6. The molecule has 4 heteroatoms. The van der Waals surface area contributed by atoms with Crippen molar-refractivity contribution in [3.05, 3.63) is 72.5 Å². The predicted octanol–water partition coefficient (Wildman–Crippen LogP) is 4.00. The van der Waals surface area contributed by atoms with Gasteiger partial charge in [0.15, 0.2) is 12.4 Å². The maximum Gasteiger partial charge on any atom is 0.188 e. The lowest BCUT2D eigenvalue weighted by molar-refractivity contribution is -0.165. The third kappa shape index (κ3) is 3.57. The Bertz CT molecular complexity index is 762. The highest BCUT2D eigenvalue weighted by atomic mass is 16.6. The van der Waals surface area contributed by atoms with Crippen LogP contribution in [-0.2, 0) is 4.74 Å². The second-order valence-electron chi connectivity index (χ2n) is 5.44. The van der Waals surface area contributed by atoms with Crippen LogP contribution in [0.2, 0.25) is 0 Å². The van der Waals surface area contributed by atoms with E-state index >= 15 is 0 Å². The van der Waals surface area contributed by atoms with Crippen molar-refractivity contribution in [2.45, 2.75) is 19.3 Å². The Kier molecular flexibility index (Phi) is 5.11. The summed E-state index contributed by atoms with van der Waals surface area (Å²) in [7, 11) is 0. The molecule has 1 heterocycles. The van der Waals surface area contributed by atoms with Crippen molar-refractivity contribution in [3.8, 4) is 22.5 Å². The van der Waals surface area contributed by atoms with Gasteiger partial charge in [-0.3, -0.25) is 0 Å². The van der Waals surface area contributed by atoms with E-state index in [1.54, 1.807) is 19.1 Å². The summed E-state index contributed by atoms with van der Waals surface area (Å²) < 4.78 is 10.6. The van der Waals surface area contributed by atoms with Crippen molar-refractivity contribution in [1.29, 1.82) is 0 Å². The summed E-state index contributed by atoms with van der Waals surface area (Å²) in [4.78, 5) is 0. The van der Waals surface area contributed by atoms with Crippen LogP contribution in [0.4, 0.5) is 0 Å². The molecule has 0 amide bonds. The molecule has 0 aliphatic rings. The summed E-state index contributed by atoms with van der Waals surface area (Å²) in [6.07, 6.45) is -2.50. The summed E-state index contributed by atoms with van der Waals surface area (Å²) in [6, 6.07) is 21.5. The molecule has 0 radical (unpaired) electrons. The van der Waals surface area contributed by atoms with Crippen LogP contribution in [-0.4, -0.2) is 23.1 Å². The van der Waals surface area contributed by atoms with Crippen LogP contribution in [0.25, 0.3) is 22.5 Å². The van der Waals surface area contributed by atoms with Crippen molar-refractivity contribution in [3.63, 3.8) is 0 Å². The van der Waals surface area contributed by atoms with Gasteiger partial charge in [-0.15, -0.1) is 0 Å². The van der Waals surface area contributed by atoms with Crippen molar-refractivity contribution in [2.75, 3.05) is 6.61 Å². The summed E-state index contributed by atoms with van der Waals surface area (Å²) in [5.41, 5.74) is 3.18. The van der Waals surface area contributed by atoms with Gasteiger partial charge in [0.25, 0.3) is 0 Å². The Morgan fingerprint density at radius 2 is 1.46 bits per heavy atom. The number of furan rings is 1. The molecular formula is C20H20O4. The van der Waals surface area contributed by atoms with Crippen LogP contribution in [0, 0.1) is 0 Å². The van der Waals surface area contributed by atoms with Crippen molar-refractivity contribution in [2.24, 2.45) is 0 Å². The smallest absolute Gasteiger partial charge is 0.188 e. The number of benzene rings is 2. The highest BCUT2D eigenvalue weighted by Crippen LogP contribution is 2.29. The minimum atomic E-state index is -1.30. The molecule has 124 valence electrons. The van der Waals surface area contributed by atoms with Crippen LogP contribution >= 0.6 is 0 Å². The Hall–Kier alpha value is -2.40. The Morgan fingerprint density at radius 1 is 0.833 bits per heavy atom. The second kappa shape index (κ2) is 7.45. The first-order chi connectivity index (χ1) is 11.7. The maximum absolute atomic E-state index is 10.0. The zero-order valence-electron chi connectivity index (χ0n) is 13.4. The first kappa shape index (κ1) is 16.5. The third-order valence-electron chi connectivity index (χ3n) is 3.80. The van der Waals surface area contributed by atoms with E-state index in [9.17, 15) is 10.2 Å². The molecule has 24 heavy (non-hydrogen) atoms. The Labute approximate surface area is 141 Å². The van der Waals surface area contributed by atoms with Gasteiger partial charge in [0, 0.05) is 12.2 Å². The zero-order chi connectivity index (χ0) is 16.9. The third-order valence-corrected chi connectivity index (χ3v) is 3.80. The average Bonchev–Trinajstić information content (AvgIpc) is 3.12. The molecule has 0 spiro atoms. The number of ether oxygens (including phenoxy) is 1. The molecule has 3 rings (SSSR count). The fourth-order valence-corrected chi connectivity index (χ4v) is 2.53. The lowest BCUT2D eigenvalue weighted by Gasteiger charge is -2.15. The first-order valence-corrected chi connectivity index (χ1v) is 7.92. The van der Waals surface area contributed by atoms with E-state index in [2.05, 4.69) is 12.1 Å². The van der Waals surface area contributed by atoms with Crippen LogP contribution in [0.15, 0.2) is 71.1 Å². The molecule has 2 unspecified atom stereocenters. The van der Waals surface area contributed by atoms with E-state index in [-0.39, 0.29) is 5.76 Å². The predicted molar refractivity (Wildman–Crippen MR) is 92.2 cm³/mol. The van der Waals surface area contributed by atoms with E-state index in [0.29, 0.717) is 12.4 Å². The molecule has 2 aromatic carbocycles. The van der Waals surface area contributed by atoms with Gasteiger partial charge in [0.05, 0.1) is 0 Å². The van der Waals surface area contributed by atoms with Crippen molar-refractivity contribution >= 4 is 0 Å². The molecule has 0 saturated heterocycles. The van der Waals surface area contributed by atoms with E-state index < -0.39 is 12.4 Å². The van der Waals surface area contributed by atoms with Crippen molar-refractivity contribution < 1.29 is 19.4 Å². The van der Waals surface area contributed by atoms with Gasteiger partial charge in [0.1, 0.15) is 11.5 Å². The van der Waals surface area contributed by atoms with Gasteiger partial charge in [-0.05, 0) is 30.2 Å². The second-order valence-corrected chi connectivity index (χ2v) is 5.44. The maximum atomic E-state index is 10.0. The molecule has 1 aromatic heterocycles. The van der Waals surface area contributed by atoms with Crippen LogP contribution < -0.4 is 0 Å². The van der Waals surface area contributed by atoms with Crippen LogP contribution in [0.1, 0.15) is 18.8 Å². The highest BCUT2D eigenvalue weighted by molar-refractivity contribution is 5.68. The number of hydrogen-bond acceptors (Lipinski definition) is 4. The topological polar surface area (TPSA) is 62.8 Å². The zero-order valence-corrected chi connectivity index (χ0v) is 13.4. The average molecular weight is 324 g/mol. The van der Waals surface area contributed by atoms with E-state index in [1.165, 1.54) is 0 Å². The van der Waals surface area contributed by atoms with Gasteiger partial charge in [-0.2, -0.15) is 0 Å². The molecule has 0 aliphatic heterocycles. The molecule has 3 aromatic rings. The van der Waals surface area contributed by atoms with E-state index in [4.69, 9.17) is 9.15 Å². The van der Waals surface area contributed by atoms with Gasteiger partial charge in [-0.25, -0.2) is 0 Å². The fourth-order valence-electron chi connectivity index (χ4n) is 2.53. The largest absolute Gasteiger partial charge is 0.458 e. The molecule has 0 fully saturated rings. The minimum Gasteiger partial charge on any atom is -0.458 e. The number of aliphatic hydroxyl groups is 2. The minimum absolute atomic E-state index is 0.276. The lowest BCUT2D eigenvalue weighted by Crippen LogP contribution is -2.21. The van der Waals surface area contributed by atoms with Gasteiger partial charge < -0.3 is 19.4 Å². The quantitative estimate of drug-likeness (QED) is 0.673. The van der Waals surface area contributed by atoms with Crippen LogP contribution in [0.3, 0.4) is 0 Å². The molecule has 0 aliphatic carbocycles. The first-order valence-electron chi connectivity index (χ1n) is 7.92. The standard InChI is InChI=1S/C20H20O4/c1-2-23-20(22)19(21)18-13-12-17(24-18)16-10-8-15(9-11-16)14-6-4-3-5-7-14/h3-13,19-22H,2H2,1H3. The van der Waals surface area contributed by atoms with Crippen molar-refractivity contribution in [1.82, 2.24) is 0 Å². The van der Waals surface area contributed by atoms with E-state index in [0.717, 1.165) is 16.7 Å². The van der Waals surface area contributed by atoms with Gasteiger partial charge in [-0.1, -0.05) is 54.6 Å². The summed E-state index contributed by atoms with van der Waals surface area (Å²) in [5, 5.41) is 19.7. The fraction of sp³-hybridized carbons (Fsp3) is 0.200. The molecule has 4 nitrogen and oxygen atoms in total. The van der Waals surface area contributed by atoms with Gasteiger partial charge in [0.2, 0.25) is 0 Å². The Balaban J connectivity index is 1.78.